The summed E-state index contributed by atoms with van der Waals surface area (Å²) in [7, 11) is 0. The lowest BCUT2D eigenvalue weighted by Crippen LogP contribution is -2.44. The van der Waals surface area contributed by atoms with E-state index < -0.39 is 0 Å². The van der Waals surface area contributed by atoms with Crippen molar-refractivity contribution in [1.29, 1.82) is 0 Å². The third-order valence-electron chi connectivity index (χ3n) is 5.07. The van der Waals surface area contributed by atoms with E-state index in [1.807, 2.05) is 36.5 Å². The number of aromatic nitrogens is 3. The summed E-state index contributed by atoms with van der Waals surface area (Å²) in [4.78, 5) is 28.3. The minimum absolute atomic E-state index is 0.0718. The lowest BCUT2D eigenvalue weighted by atomic mass is 10.1. The number of likely N-dealkylation sites (tertiary alicyclic amines) is 1. The Bertz CT molecular complexity index is 933. The van der Waals surface area contributed by atoms with E-state index in [9.17, 15) is 4.79 Å². The molecule has 29 heavy (non-hydrogen) atoms. The van der Waals surface area contributed by atoms with E-state index >= 15 is 0 Å². The molecule has 0 bridgehead atoms. The first kappa shape index (κ1) is 19.0. The molecule has 0 spiro atoms. The van der Waals surface area contributed by atoms with Crippen LogP contribution in [0.15, 0.2) is 61.3 Å². The van der Waals surface area contributed by atoms with Gasteiger partial charge in [0.25, 0.3) is 0 Å². The van der Waals surface area contributed by atoms with Crippen molar-refractivity contribution in [2.24, 2.45) is 0 Å². The molecule has 1 aliphatic heterocycles. The Morgan fingerprint density at radius 3 is 2.62 bits per heavy atom. The first-order valence-corrected chi connectivity index (χ1v) is 9.78. The molecule has 7 nitrogen and oxygen atoms in total. The highest BCUT2D eigenvalue weighted by Gasteiger charge is 2.25. The van der Waals surface area contributed by atoms with Crippen molar-refractivity contribution >= 4 is 6.09 Å². The van der Waals surface area contributed by atoms with Crippen molar-refractivity contribution in [3.05, 3.63) is 78.1 Å². The van der Waals surface area contributed by atoms with Gasteiger partial charge in [-0.3, -0.25) is 4.98 Å². The van der Waals surface area contributed by atoms with Crippen molar-refractivity contribution in [3.8, 4) is 5.75 Å². The van der Waals surface area contributed by atoms with Gasteiger partial charge in [0.15, 0.2) is 0 Å². The molecule has 0 atom stereocenters. The number of ether oxygens (including phenoxy) is 1. The maximum Gasteiger partial charge on any atom is 0.415 e. The molecule has 0 radical (unpaired) electrons. The fourth-order valence-electron chi connectivity index (χ4n) is 3.36. The summed E-state index contributed by atoms with van der Waals surface area (Å²) < 4.78 is 7.14. The molecule has 150 valence electrons. The second-order valence-electron chi connectivity index (χ2n) is 7.17. The summed E-state index contributed by atoms with van der Waals surface area (Å²) in [5.41, 5.74) is 3.35. The quantitative estimate of drug-likeness (QED) is 0.667. The Kier molecular flexibility index (Phi) is 5.74. The van der Waals surface area contributed by atoms with Gasteiger partial charge >= 0.3 is 6.09 Å². The second-order valence-corrected chi connectivity index (χ2v) is 7.17. The lowest BCUT2D eigenvalue weighted by molar-refractivity contribution is -0.0000188. The van der Waals surface area contributed by atoms with Gasteiger partial charge in [0.2, 0.25) is 0 Å². The number of hydrogen-bond acceptors (Lipinski definition) is 5. The fourth-order valence-corrected chi connectivity index (χ4v) is 3.36. The molecular weight excluding hydrogens is 368 g/mol. The van der Waals surface area contributed by atoms with E-state index in [-0.39, 0.29) is 12.2 Å². The fraction of sp³-hybridized carbons (Fsp3) is 0.318. The van der Waals surface area contributed by atoms with Crippen molar-refractivity contribution < 1.29 is 14.4 Å². The van der Waals surface area contributed by atoms with Gasteiger partial charge in [0.1, 0.15) is 18.2 Å². The summed E-state index contributed by atoms with van der Waals surface area (Å²) in [5, 5.41) is 0. The topological polar surface area (TPSA) is 69.5 Å². The molecule has 1 fully saturated rings. The number of amides is 1. The van der Waals surface area contributed by atoms with E-state index in [0.29, 0.717) is 18.8 Å². The molecule has 0 aliphatic carbocycles. The van der Waals surface area contributed by atoms with Crippen LogP contribution in [0.3, 0.4) is 0 Å². The number of aryl methyl sites for hydroxylation is 1. The zero-order valence-electron chi connectivity index (χ0n) is 16.4. The molecule has 0 N–H and O–H groups in total. The van der Waals surface area contributed by atoms with Crippen LogP contribution >= 0.6 is 0 Å². The molecule has 2 aromatic heterocycles. The number of hydrogen-bond donors (Lipinski definition) is 0. The highest BCUT2D eigenvalue weighted by molar-refractivity contribution is 5.70. The van der Waals surface area contributed by atoms with Crippen LogP contribution in [-0.2, 0) is 6.42 Å². The van der Waals surface area contributed by atoms with Gasteiger partial charge < -0.3 is 14.5 Å². The minimum atomic E-state index is -0.320. The molecule has 1 amide bonds. The summed E-state index contributed by atoms with van der Waals surface area (Å²) in [5.74, 6) is 0.549. The second kappa shape index (κ2) is 8.77. The van der Waals surface area contributed by atoms with Gasteiger partial charge in [0, 0.05) is 50.4 Å². The third-order valence-corrected chi connectivity index (χ3v) is 5.07. The van der Waals surface area contributed by atoms with Gasteiger partial charge in [-0.15, -0.1) is 0 Å². The van der Waals surface area contributed by atoms with Crippen LogP contribution in [0.25, 0.3) is 0 Å². The van der Waals surface area contributed by atoms with Gasteiger partial charge in [0.05, 0.1) is 6.20 Å². The molecule has 4 rings (SSSR count). The van der Waals surface area contributed by atoms with Gasteiger partial charge in [-0.2, -0.15) is 4.73 Å². The minimum Gasteiger partial charge on any atom is -0.410 e. The van der Waals surface area contributed by atoms with Crippen LogP contribution in [0, 0.1) is 6.92 Å². The van der Waals surface area contributed by atoms with Crippen molar-refractivity contribution in [2.75, 3.05) is 13.1 Å². The van der Waals surface area contributed by atoms with E-state index in [1.165, 1.54) is 5.56 Å². The van der Waals surface area contributed by atoms with Crippen molar-refractivity contribution in [3.63, 3.8) is 0 Å². The summed E-state index contributed by atoms with van der Waals surface area (Å²) in [6, 6.07) is 11.6. The molecule has 1 saturated heterocycles. The number of imidazole rings is 1. The summed E-state index contributed by atoms with van der Waals surface area (Å²) >= 11 is 0. The number of nitrogens with zero attached hydrogens (tertiary/aromatic N) is 4. The van der Waals surface area contributed by atoms with Crippen LogP contribution in [0.1, 0.15) is 29.7 Å². The maximum atomic E-state index is 12.4. The monoisotopic (exact) mass is 392 g/mol. The van der Waals surface area contributed by atoms with Crippen LogP contribution < -0.4 is 9.57 Å². The van der Waals surface area contributed by atoms with Crippen LogP contribution in [0.4, 0.5) is 4.79 Å². The molecule has 1 aliphatic rings. The zero-order chi connectivity index (χ0) is 20.1. The van der Waals surface area contributed by atoms with Crippen LogP contribution in [0.2, 0.25) is 0 Å². The van der Waals surface area contributed by atoms with E-state index in [1.54, 1.807) is 28.4 Å². The predicted molar refractivity (Wildman–Crippen MR) is 108 cm³/mol. The first-order chi connectivity index (χ1) is 14.2. The van der Waals surface area contributed by atoms with Crippen molar-refractivity contribution in [1.82, 2.24) is 19.6 Å². The SMILES string of the molecule is Cc1cccnc1Cc1ccc(OC(=O)N2CCC(On3ccnc3)CC2)cc1. The Hall–Kier alpha value is -3.35. The molecule has 3 aromatic rings. The van der Waals surface area contributed by atoms with Crippen molar-refractivity contribution in [2.45, 2.75) is 32.3 Å². The maximum absolute atomic E-state index is 12.4. The van der Waals surface area contributed by atoms with Gasteiger partial charge in [-0.05, 0) is 36.2 Å². The molecular formula is C22H24N4O3. The number of carbonyl (C=O) groups is 1. The third kappa shape index (κ3) is 4.93. The first-order valence-electron chi connectivity index (χ1n) is 9.78. The normalized spacial score (nSPS) is 14.6. The molecule has 7 heteroatoms. The van der Waals surface area contributed by atoms with E-state index in [0.717, 1.165) is 30.5 Å². The Balaban J connectivity index is 1.27. The molecule has 1 aromatic carbocycles. The number of piperidine rings is 1. The predicted octanol–water partition coefficient (Wildman–Crippen LogP) is 3.27. The molecule has 0 saturated carbocycles. The lowest BCUT2D eigenvalue weighted by Gasteiger charge is -2.31. The largest absolute Gasteiger partial charge is 0.415 e. The van der Waals surface area contributed by atoms with Crippen LogP contribution in [-0.4, -0.2) is 44.9 Å². The number of carbonyl (C=O) groups excluding carboxylic acids is 1. The Morgan fingerprint density at radius 1 is 1.14 bits per heavy atom. The van der Waals surface area contributed by atoms with Gasteiger partial charge in [-0.25, -0.2) is 9.78 Å². The van der Waals surface area contributed by atoms with Crippen LogP contribution in [0.5, 0.6) is 5.75 Å². The Morgan fingerprint density at radius 2 is 1.93 bits per heavy atom. The number of benzene rings is 1. The highest BCUT2D eigenvalue weighted by atomic mass is 16.7. The molecule has 0 unspecified atom stereocenters. The standard InChI is InChI=1S/C22H24N4O3/c1-17-3-2-10-24-21(17)15-18-4-6-19(7-5-18)28-22(27)25-12-8-20(9-13-25)29-26-14-11-23-16-26/h2-7,10-11,14,16,20H,8-9,12-13,15H2,1H3. The van der Waals surface area contributed by atoms with E-state index in [4.69, 9.17) is 9.57 Å². The average Bonchev–Trinajstić information content (AvgIpc) is 3.25. The summed E-state index contributed by atoms with van der Waals surface area (Å²) in [6.07, 6.45) is 8.90. The van der Waals surface area contributed by atoms with Gasteiger partial charge in [-0.1, -0.05) is 18.2 Å². The Labute approximate surface area is 169 Å². The zero-order valence-corrected chi connectivity index (χ0v) is 16.4. The average molecular weight is 392 g/mol. The smallest absolute Gasteiger partial charge is 0.410 e. The number of pyridine rings is 1. The number of rotatable bonds is 5. The van der Waals surface area contributed by atoms with E-state index in [2.05, 4.69) is 23.0 Å². The summed E-state index contributed by atoms with van der Waals surface area (Å²) in [6.45, 7) is 3.27. The highest BCUT2D eigenvalue weighted by Crippen LogP contribution is 2.18. The molecule has 3 heterocycles.